The smallest absolute Gasteiger partial charge is 0.351 e. The molecule has 136 valence electrons. The van der Waals surface area contributed by atoms with Crippen LogP contribution in [0.25, 0.3) is 5.78 Å². The van der Waals surface area contributed by atoms with E-state index in [2.05, 4.69) is 23.8 Å². The maximum atomic E-state index is 12.6. The molecule has 1 atom stereocenters. The lowest BCUT2D eigenvalue weighted by molar-refractivity contribution is 0.447. The number of fused-ring (bicyclic) bond motifs is 1. The molecular weight excluding hydrogens is 326 g/mol. The van der Waals surface area contributed by atoms with E-state index in [1.165, 1.54) is 33.9 Å². The Kier molecular flexibility index (Phi) is 4.49. The van der Waals surface area contributed by atoms with E-state index in [1.807, 2.05) is 30.3 Å². The van der Waals surface area contributed by atoms with Crippen molar-refractivity contribution >= 4 is 11.6 Å². The number of rotatable bonds is 4. The van der Waals surface area contributed by atoms with E-state index in [0.717, 1.165) is 24.3 Å². The van der Waals surface area contributed by atoms with Crippen LogP contribution in [0.5, 0.6) is 0 Å². The van der Waals surface area contributed by atoms with Crippen LogP contribution >= 0.6 is 0 Å². The zero-order valence-electron chi connectivity index (χ0n) is 15.4. The number of anilines is 1. The minimum Gasteiger partial charge on any atom is -0.353 e. The summed E-state index contributed by atoms with van der Waals surface area (Å²) in [6.07, 6.45) is 6.60. The summed E-state index contributed by atoms with van der Waals surface area (Å²) in [5.41, 5.74) is 2.11. The molecule has 1 fully saturated rings. The van der Waals surface area contributed by atoms with Crippen LogP contribution in [0.3, 0.4) is 0 Å². The van der Waals surface area contributed by atoms with Crippen molar-refractivity contribution in [1.82, 2.24) is 19.2 Å². The van der Waals surface area contributed by atoms with Crippen molar-refractivity contribution in [2.45, 2.75) is 52.1 Å². The van der Waals surface area contributed by atoms with Gasteiger partial charge in [0.25, 0.3) is 5.78 Å². The van der Waals surface area contributed by atoms with E-state index < -0.39 is 0 Å². The second-order valence-corrected chi connectivity index (χ2v) is 7.13. The molecule has 6 heteroatoms. The molecule has 26 heavy (non-hydrogen) atoms. The minimum absolute atomic E-state index is 0.148. The van der Waals surface area contributed by atoms with Gasteiger partial charge in [-0.05, 0) is 44.2 Å². The number of hydrogen-bond acceptors (Lipinski definition) is 4. The maximum absolute atomic E-state index is 12.6. The Hall–Kier alpha value is -2.63. The Bertz CT molecular complexity index is 956. The molecule has 0 N–H and O–H groups in total. The van der Waals surface area contributed by atoms with Gasteiger partial charge in [0.2, 0.25) is 0 Å². The topological polar surface area (TPSA) is 55.4 Å². The highest BCUT2D eigenvalue weighted by Gasteiger charge is 2.22. The van der Waals surface area contributed by atoms with E-state index in [9.17, 15) is 4.79 Å². The number of aromatic nitrogens is 4. The average molecular weight is 351 g/mol. The van der Waals surface area contributed by atoms with Crippen molar-refractivity contribution in [1.29, 1.82) is 0 Å². The van der Waals surface area contributed by atoms with Gasteiger partial charge in [0, 0.05) is 18.8 Å². The first-order valence-electron chi connectivity index (χ1n) is 9.44. The highest BCUT2D eigenvalue weighted by atomic mass is 16.2. The molecule has 3 heterocycles. The van der Waals surface area contributed by atoms with Crippen molar-refractivity contribution in [3.05, 3.63) is 58.1 Å². The summed E-state index contributed by atoms with van der Waals surface area (Å²) in [6.45, 7) is 5.76. The van der Waals surface area contributed by atoms with Gasteiger partial charge in [-0.3, -0.25) is 0 Å². The fourth-order valence-electron chi connectivity index (χ4n) is 3.75. The zero-order chi connectivity index (χ0) is 18.1. The van der Waals surface area contributed by atoms with Crippen LogP contribution < -0.4 is 10.6 Å². The number of benzene rings is 1. The summed E-state index contributed by atoms with van der Waals surface area (Å²) in [6, 6.07) is 10.6. The molecule has 0 spiro atoms. The monoisotopic (exact) mass is 351 g/mol. The van der Waals surface area contributed by atoms with E-state index in [1.54, 1.807) is 6.20 Å². The van der Waals surface area contributed by atoms with Crippen molar-refractivity contribution in [2.75, 3.05) is 11.4 Å². The molecular formula is C20H25N5O. The molecule has 0 saturated carbocycles. The fraction of sp³-hybridized carbons (Fsp3) is 0.450. The summed E-state index contributed by atoms with van der Waals surface area (Å²) in [7, 11) is 0. The molecule has 0 radical (unpaired) electrons. The van der Waals surface area contributed by atoms with Crippen LogP contribution in [-0.2, 0) is 6.54 Å². The van der Waals surface area contributed by atoms with E-state index in [4.69, 9.17) is 4.98 Å². The molecule has 0 bridgehead atoms. The lowest BCUT2D eigenvalue weighted by Gasteiger charge is -2.36. The van der Waals surface area contributed by atoms with E-state index in [-0.39, 0.29) is 5.69 Å². The summed E-state index contributed by atoms with van der Waals surface area (Å²) in [4.78, 5) is 19.7. The second-order valence-electron chi connectivity index (χ2n) is 7.13. The predicted molar refractivity (Wildman–Crippen MR) is 103 cm³/mol. The molecule has 6 nitrogen and oxygen atoms in total. The first-order valence-corrected chi connectivity index (χ1v) is 9.44. The molecule has 0 amide bonds. The van der Waals surface area contributed by atoms with Crippen LogP contribution in [0.1, 0.15) is 43.7 Å². The summed E-state index contributed by atoms with van der Waals surface area (Å²) in [5.74, 6) is 1.40. The molecule has 4 rings (SSSR count). The first-order chi connectivity index (χ1) is 12.7. The highest BCUT2D eigenvalue weighted by molar-refractivity contribution is 5.45. The van der Waals surface area contributed by atoms with Crippen molar-refractivity contribution in [2.24, 2.45) is 0 Å². The van der Waals surface area contributed by atoms with Crippen molar-refractivity contribution < 1.29 is 0 Å². The number of nitrogens with zero attached hydrogens (tertiary/aromatic N) is 5. The molecule has 3 aromatic rings. The van der Waals surface area contributed by atoms with Crippen LogP contribution in [0.4, 0.5) is 5.82 Å². The quantitative estimate of drug-likeness (QED) is 0.725. The van der Waals surface area contributed by atoms with Crippen LogP contribution in [0, 0.1) is 6.92 Å². The Morgan fingerprint density at radius 3 is 2.73 bits per heavy atom. The van der Waals surface area contributed by atoms with Crippen LogP contribution in [0.2, 0.25) is 0 Å². The van der Waals surface area contributed by atoms with Crippen LogP contribution in [0.15, 0.2) is 41.3 Å². The summed E-state index contributed by atoms with van der Waals surface area (Å²) < 4.78 is 3.02. The van der Waals surface area contributed by atoms with Crippen molar-refractivity contribution in [3.8, 4) is 0 Å². The van der Waals surface area contributed by atoms with Gasteiger partial charge in [0.15, 0.2) is 0 Å². The molecule has 1 aliphatic heterocycles. The van der Waals surface area contributed by atoms with Gasteiger partial charge in [-0.2, -0.15) is 4.98 Å². The van der Waals surface area contributed by atoms with Gasteiger partial charge in [-0.1, -0.05) is 36.8 Å². The molecule has 1 saturated heterocycles. The van der Waals surface area contributed by atoms with Gasteiger partial charge in [-0.15, -0.1) is 5.10 Å². The number of piperidine rings is 1. The minimum atomic E-state index is -0.148. The SMILES string of the molecule is CCC1CCCCN1c1ccn2c(=O)n(Cc3ccc(C)cc3)nc2n1. The van der Waals surface area contributed by atoms with Gasteiger partial charge in [0.1, 0.15) is 5.82 Å². The highest BCUT2D eigenvalue weighted by Crippen LogP contribution is 2.24. The number of aryl methyl sites for hydroxylation is 1. The van der Waals surface area contributed by atoms with Gasteiger partial charge in [-0.25, -0.2) is 13.9 Å². The normalized spacial score (nSPS) is 17.8. The molecule has 1 aliphatic rings. The molecule has 0 aliphatic carbocycles. The van der Waals surface area contributed by atoms with Crippen molar-refractivity contribution in [3.63, 3.8) is 0 Å². The van der Waals surface area contributed by atoms with Gasteiger partial charge >= 0.3 is 5.69 Å². The van der Waals surface area contributed by atoms with E-state index in [0.29, 0.717) is 18.4 Å². The van der Waals surface area contributed by atoms with Crippen LogP contribution in [-0.4, -0.2) is 31.8 Å². The van der Waals surface area contributed by atoms with E-state index >= 15 is 0 Å². The van der Waals surface area contributed by atoms with Gasteiger partial charge in [0.05, 0.1) is 6.54 Å². The molecule has 1 aromatic carbocycles. The summed E-state index contributed by atoms with van der Waals surface area (Å²) in [5, 5.41) is 4.47. The Morgan fingerprint density at radius 2 is 1.96 bits per heavy atom. The zero-order valence-corrected chi connectivity index (χ0v) is 15.4. The first kappa shape index (κ1) is 16.8. The molecule has 1 unspecified atom stereocenters. The Morgan fingerprint density at radius 1 is 1.15 bits per heavy atom. The fourth-order valence-corrected chi connectivity index (χ4v) is 3.75. The second kappa shape index (κ2) is 6.94. The lowest BCUT2D eigenvalue weighted by Crippen LogP contribution is -2.39. The average Bonchev–Trinajstić information content (AvgIpc) is 2.98. The molecule has 2 aromatic heterocycles. The third-order valence-electron chi connectivity index (χ3n) is 5.29. The standard InChI is InChI=1S/C20H25N5O/c1-3-17-6-4-5-12-23(17)18-11-13-24-19(21-18)22-25(20(24)26)14-16-9-7-15(2)8-10-16/h7-11,13,17H,3-6,12,14H2,1-2H3. The Balaban J connectivity index is 1.66. The predicted octanol–water partition coefficient (Wildman–Crippen LogP) is 3.02. The third-order valence-corrected chi connectivity index (χ3v) is 5.29. The maximum Gasteiger partial charge on any atom is 0.351 e. The Labute approximate surface area is 153 Å². The number of hydrogen-bond donors (Lipinski definition) is 0. The van der Waals surface area contributed by atoms with Gasteiger partial charge < -0.3 is 4.90 Å². The summed E-state index contributed by atoms with van der Waals surface area (Å²) >= 11 is 0. The largest absolute Gasteiger partial charge is 0.353 e. The lowest BCUT2D eigenvalue weighted by atomic mass is 10.0. The third kappa shape index (κ3) is 3.11.